The van der Waals surface area contributed by atoms with Crippen LogP contribution in [0.4, 0.5) is 5.82 Å². The molecule has 2 aliphatic rings. The molecule has 0 bridgehead atoms. The SMILES string of the molecule is CC(=O)c1nn(CC(=O)N2[C@H]3CC3(C)C[C@H]2C(=O)Nc2cccc(Br)n2)c2ccc(-c3cnc(C)nc3)cc12. The van der Waals surface area contributed by atoms with Gasteiger partial charge in [-0.2, -0.15) is 5.10 Å². The number of carbonyl (C=O) groups is 3. The van der Waals surface area contributed by atoms with Gasteiger partial charge in [-0.05, 0) is 70.9 Å². The van der Waals surface area contributed by atoms with E-state index < -0.39 is 6.04 Å². The molecule has 1 N–H and O–H groups in total. The van der Waals surface area contributed by atoms with Gasteiger partial charge in [0.05, 0.1) is 5.52 Å². The fourth-order valence-corrected chi connectivity index (χ4v) is 5.88. The molecule has 2 amide bonds. The average molecular weight is 588 g/mol. The summed E-state index contributed by atoms with van der Waals surface area (Å²) in [6, 6.07) is 10.3. The average Bonchev–Trinajstić information content (AvgIpc) is 3.26. The molecule has 2 fully saturated rings. The van der Waals surface area contributed by atoms with Gasteiger partial charge in [0.15, 0.2) is 5.78 Å². The smallest absolute Gasteiger partial charge is 0.248 e. The lowest BCUT2D eigenvalue weighted by Crippen LogP contribution is -2.46. The van der Waals surface area contributed by atoms with Gasteiger partial charge >= 0.3 is 0 Å². The molecule has 39 heavy (non-hydrogen) atoms. The minimum atomic E-state index is -0.607. The van der Waals surface area contributed by atoms with Crippen molar-refractivity contribution in [3.05, 3.63) is 64.9 Å². The van der Waals surface area contributed by atoms with Crippen molar-refractivity contribution in [2.75, 3.05) is 5.32 Å². The molecule has 3 atom stereocenters. The third-order valence-electron chi connectivity index (χ3n) is 7.68. The number of hydrogen-bond acceptors (Lipinski definition) is 7. The Morgan fingerprint density at radius 3 is 2.59 bits per heavy atom. The Hall–Kier alpha value is -3.99. The van der Waals surface area contributed by atoms with Crippen LogP contribution >= 0.6 is 15.9 Å². The summed E-state index contributed by atoms with van der Waals surface area (Å²) in [5.74, 6) is 0.426. The van der Waals surface area contributed by atoms with Crippen molar-refractivity contribution < 1.29 is 14.4 Å². The zero-order chi connectivity index (χ0) is 27.5. The van der Waals surface area contributed by atoms with E-state index in [1.807, 2.05) is 25.1 Å². The summed E-state index contributed by atoms with van der Waals surface area (Å²) in [5.41, 5.74) is 2.55. The van der Waals surface area contributed by atoms with E-state index in [2.05, 4.69) is 48.2 Å². The minimum Gasteiger partial charge on any atom is -0.325 e. The van der Waals surface area contributed by atoms with Crippen molar-refractivity contribution in [3.8, 4) is 11.1 Å². The maximum absolute atomic E-state index is 13.7. The third kappa shape index (κ3) is 4.60. The highest BCUT2D eigenvalue weighted by Crippen LogP contribution is 2.59. The summed E-state index contributed by atoms with van der Waals surface area (Å²) in [6.45, 7) is 5.30. The summed E-state index contributed by atoms with van der Waals surface area (Å²) in [4.78, 5) is 54.0. The van der Waals surface area contributed by atoms with E-state index in [9.17, 15) is 14.4 Å². The van der Waals surface area contributed by atoms with Gasteiger partial charge in [0, 0.05) is 36.3 Å². The lowest BCUT2D eigenvalue weighted by molar-refractivity contribution is -0.138. The number of anilines is 1. The van der Waals surface area contributed by atoms with Gasteiger partial charge in [0.1, 0.15) is 34.5 Å². The molecular weight excluding hydrogens is 562 g/mol. The van der Waals surface area contributed by atoms with Crippen LogP contribution in [0.15, 0.2) is 53.4 Å². The molecule has 1 aliphatic heterocycles. The number of aromatic nitrogens is 5. The first-order chi connectivity index (χ1) is 18.6. The Kier molecular flexibility index (Phi) is 6.05. The van der Waals surface area contributed by atoms with Gasteiger partial charge in [0.25, 0.3) is 0 Å². The topological polar surface area (TPSA) is 123 Å². The van der Waals surface area contributed by atoms with Gasteiger partial charge in [-0.3, -0.25) is 19.1 Å². The normalized spacial score (nSPS) is 21.6. The molecule has 1 saturated carbocycles. The van der Waals surface area contributed by atoms with Crippen LogP contribution in [0.5, 0.6) is 0 Å². The first kappa shape index (κ1) is 25.3. The summed E-state index contributed by atoms with van der Waals surface area (Å²) in [5, 5.41) is 8.03. The Morgan fingerprint density at radius 2 is 1.87 bits per heavy atom. The number of nitrogens with one attached hydrogen (secondary N) is 1. The standard InChI is InChI=1S/C28H26BrN7O3/c1-15(37)26-19-9-17(18-12-30-16(2)31-13-18)7-8-20(19)35(34-26)14-25(38)36-21(10-28(3)11-22(28)36)27(39)33-24-6-4-5-23(29)32-24/h4-9,12-13,21-22H,10-11,14H2,1-3H3,(H,32,33,39)/t21-,22-,28?/m0/s1. The first-order valence-electron chi connectivity index (χ1n) is 12.7. The fourth-order valence-electron chi connectivity index (χ4n) is 5.54. The summed E-state index contributed by atoms with van der Waals surface area (Å²) in [7, 11) is 0. The maximum atomic E-state index is 13.7. The summed E-state index contributed by atoms with van der Waals surface area (Å²) >= 11 is 3.32. The number of aryl methyl sites for hydroxylation is 1. The van der Waals surface area contributed by atoms with Gasteiger partial charge in [-0.25, -0.2) is 15.0 Å². The number of piperidine rings is 1. The van der Waals surface area contributed by atoms with Crippen LogP contribution in [0.3, 0.4) is 0 Å². The quantitative estimate of drug-likeness (QED) is 0.265. The molecule has 4 heterocycles. The summed E-state index contributed by atoms with van der Waals surface area (Å²) < 4.78 is 2.17. The first-order valence-corrected chi connectivity index (χ1v) is 13.5. The van der Waals surface area contributed by atoms with Crippen LogP contribution < -0.4 is 5.32 Å². The zero-order valence-electron chi connectivity index (χ0n) is 21.7. The predicted molar refractivity (Wildman–Crippen MR) is 148 cm³/mol. The molecule has 0 spiro atoms. The fraction of sp³-hybridized carbons (Fsp3) is 0.321. The van der Waals surface area contributed by atoms with Gasteiger partial charge in [-0.1, -0.05) is 19.1 Å². The van der Waals surface area contributed by atoms with E-state index in [0.29, 0.717) is 39.3 Å². The number of halogens is 1. The second-order valence-electron chi connectivity index (χ2n) is 10.5. The number of likely N-dealkylation sites (tertiary alicyclic amines) is 1. The molecule has 1 aliphatic carbocycles. The number of amides is 2. The predicted octanol–water partition coefficient (Wildman–Crippen LogP) is 4.18. The molecule has 1 saturated heterocycles. The Balaban J connectivity index is 1.29. The van der Waals surface area contributed by atoms with Crippen molar-refractivity contribution >= 4 is 50.2 Å². The zero-order valence-corrected chi connectivity index (χ0v) is 23.3. The number of nitrogens with zero attached hydrogens (tertiary/aromatic N) is 6. The van der Waals surface area contributed by atoms with Crippen LogP contribution in [0.25, 0.3) is 22.0 Å². The van der Waals surface area contributed by atoms with Crippen LogP contribution in [-0.2, 0) is 16.1 Å². The minimum absolute atomic E-state index is 0.00142. The molecule has 0 radical (unpaired) electrons. The number of hydrogen-bond donors (Lipinski definition) is 1. The lowest BCUT2D eigenvalue weighted by Gasteiger charge is -2.26. The highest BCUT2D eigenvalue weighted by atomic mass is 79.9. The van der Waals surface area contributed by atoms with E-state index in [0.717, 1.165) is 17.5 Å². The lowest BCUT2D eigenvalue weighted by atomic mass is 10.0. The largest absolute Gasteiger partial charge is 0.325 e. The van der Waals surface area contributed by atoms with Crippen molar-refractivity contribution in [1.29, 1.82) is 0 Å². The molecule has 4 aromatic rings. The number of fused-ring (bicyclic) bond motifs is 2. The molecule has 1 aromatic carbocycles. The van der Waals surface area contributed by atoms with E-state index in [4.69, 9.17) is 0 Å². The molecule has 10 nitrogen and oxygen atoms in total. The van der Waals surface area contributed by atoms with E-state index in [1.165, 1.54) is 6.92 Å². The van der Waals surface area contributed by atoms with Gasteiger partial charge < -0.3 is 10.2 Å². The number of pyridine rings is 1. The monoisotopic (exact) mass is 587 g/mol. The highest BCUT2D eigenvalue weighted by Gasteiger charge is 2.64. The van der Waals surface area contributed by atoms with Gasteiger partial charge in [0.2, 0.25) is 11.8 Å². The number of ketones is 1. The molecule has 6 rings (SSSR count). The maximum Gasteiger partial charge on any atom is 0.248 e. The Morgan fingerprint density at radius 1 is 1.10 bits per heavy atom. The molecule has 198 valence electrons. The van der Waals surface area contributed by atoms with Crippen molar-refractivity contribution in [1.82, 2.24) is 29.6 Å². The van der Waals surface area contributed by atoms with Gasteiger partial charge in [-0.15, -0.1) is 0 Å². The molecule has 3 aromatic heterocycles. The Bertz CT molecular complexity index is 1650. The summed E-state index contributed by atoms with van der Waals surface area (Å²) in [6.07, 6.45) is 4.92. The number of rotatable bonds is 6. The highest BCUT2D eigenvalue weighted by molar-refractivity contribution is 9.10. The van der Waals surface area contributed by atoms with Crippen molar-refractivity contribution in [2.45, 2.75) is 52.2 Å². The van der Waals surface area contributed by atoms with Crippen molar-refractivity contribution in [3.63, 3.8) is 0 Å². The van der Waals surface area contributed by atoms with Crippen LogP contribution in [0.2, 0.25) is 0 Å². The van der Waals surface area contributed by atoms with Crippen LogP contribution in [-0.4, -0.2) is 59.3 Å². The second-order valence-corrected chi connectivity index (χ2v) is 11.4. The second kappa shape index (κ2) is 9.33. The number of benzene rings is 1. The third-order valence-corrected chi connectivity index (χ3v) is 8.12. The van der Waals surface area contributed by atoms with Crippen molar-refractivity contribution in [2.24, 2.45) is 5.41 Å². The van der Waals surface area contributed by atoms with E-state index >= 15 is 0 Å². The number of carbonyl (C=O) groups excluding carboxylic acids is 3. The number of Topliss-reactive ketones (excluding diaryl/α,β-unsaturated/α-hetero) is 1. The van der Waals surface area contributed by atoms with Crippen LogP contribution in [0, 0.1) is 12.3 Å². The van der Waals surface area contributed by atoms with E-state index in [1.54, 1.807) is 40.2 Å². The van der Waals surface area contributed by atoms with Crippen LogP contribution in [0.1, 0.15) is 43.0 Å². The van der Waals surface area contributed by atoms with E-state index in [-0.39, 0.29) is 35.6 Å². The molecule has 11 heteroatoms. The Labute approximate surface area is 233 Å². The molecular formula is C28H26BrN7O3. The molecule has 1 unspecified atom stereocenters.